The van der Waals surface area contributed by atoms with Crippen LogP contribution in [-0.2, 0) is 17.4 Å². The van der Waals surface area contributed by atoms with Crippen LogP contribution in [0.1, 0.15) is 33.8 Å². The predicted molar refractivity (Wildman–Crippen MR) is 160 cm³/mol. The van der Waals surface area contributed by atoms with Gasteiger partial charge in [-0.05, 0) is 113 Å². The molecule has 0 unspecified atom stereocenters. The molecule has 0 bridgehead atoms. The maximum absolute atomic E-state index is 5.57. The minimum Gasteiger partial charge on any atom is -1.00 e. The number of nitrogens with two attached hydrogens (primary N) is 3. The van der Waals surface area contributed by atoms with Gasteiger partial charge in [-0.2, -0.15) is 0 Å². The van der Waals surface area contributed by atoms with Crippen LogP contribution >= 0.6 is 0 Å². The monoisotopic (exact) mass is 676 g/mol. The van der Waals surface area contributed by atoms with Crippen LogP contribution in [0.4, 0.5) is 17.5 Å². The first-order valence-corrected chi connectivity index (χ1v) is 12.5. The fraction of sp³-hybridized carbons (Fsp3) is 0.200. The van der Waals surface area contributed by atoms with Crippen molar-refractivity contribution in [1.82, 2.24) is 29.9 Å². The number of aryl methyl sites for hydroxylation is 6. The van der Waals surface area contributed by atoms with Gasteiger partial charge in [0.05, 0.1) is 0 Å². The summed E-state index contributed by atoms with van der Waals surface area (Å²) >= 11 is 0. The summed E-state index contributed by atoms with van der Waals surface area (Å²) in [5, 5.41) is 3.21. The Labute approximate surface area is 280 Å². The van der Waals surface area contributed by atoms with Gasteiger partial charge in [0.25, 0.3) is 0 Å². The topological polar surface area (TPSA) is 155 Å². The molecule has 1 radical (unpaired) electrons. The molecule has 0 aliphatic carbocycles. The molecule has 9 nitrogen and oxygen atoms in total. The number of fused-ring (bicyclic) bond motifs is 3. The summed E-state index contributed by atoms with van der Waals surface area (Å²) < 4.78 is 0. The molecular weight excluding hydrogens is 645 g/mol. The Morgan fingerprint density at radius 1 is 0.395 bits per heavy atom. The average molecular weight is 678 g/mol. The number of pyridine rings is 6. The molecule has 0 saturated heterocycles. The predicted octanol–water partition coefficient (Wildman–Crippen LogP) is -3.50. The van der Waals surface area contributed by atoms with E-state index in [4.69, 9.17) is 17.2 Å². The molecule has 0 aliphatic rings. The van der Waals surface area contributed by atoms with Crippen LogP contribution < -0.4 is 54.4 Å². The number of rotatable bonds is 0. The molecule has 6 aromatic rings. The largest absolute Gasteiger partial charge is 3.00 e. The third-order valence-electron chi connectivity index (χ3n) is 6.09. The van der Waals surface area contributed by atoms with Gasteiger partial charge in [0.15, 0.2) is 16.9 Å². The molecule has 0 fully saturated rings. The number of nitrogens with zero attached hydrogens (tertiary/aromatic N) is 6. The van der Waals surface area contributed by atoms with Crippen molar-refractivity contribution in [3.05, 3.63) is 88.4 Å². The van der Waals surface area contributed by atoms with Crippen molar-refractivity contribution in [2.45, 2.75) is 41.5 Å². The Morgan fingerprint density at radius 2 is 0.628 bits per heavy atom. The Bertz CT molecular complexity index is 1610. The van der Waals surface area contributed by atoms with E-state index < -0.39 is 0 Å². The molecule has 6 aromatic heterocycles. The summed E-state index contributed by atoms with van der Waals surface area (Å²) in [5.41, 5.74) is 25.4. The zero-order valence-electron chi connectivity index (χ0n) is 24.7. The Balaban J connectivity index is 0.000000588. The van der Waals surface area contributed by atoms with Crippen LogP contribution in [0.5, 0.6) is 0 Å². The van der Waals surface area contributed by atoms with Crippen LogP contribution in [0.15, 0.2) is 54.6 Å². The van der Waals surface area contributed by atoms with Gasteiger partial charge < -0.3 is 54.4 Å². The zero-order chi connectivity index (χ0) is 28.3. The van der Waals surface area contributed by atoms with Gasteiger partial charge in [0, 0.05) is 33.2 Å². The first kappa shape index (κ1) is 39.5. The van der Waals surface area contributed by atoms with E-state index in [0.717, 1.165) is 50.2 Å². The summed E-state index contributed by atoms with van der Waals surface area (Å²) in [7, 11) is 0. The van der Waals surface area contributed by atoms with Crippen molar-refractivity contribution in [2.24, 2.45) is 0 Å². The summed E-state index contributed by atoms with van der Waals surface area (Å²) in [4.78, 5) is 25.4. The van der Waals surface area contributed by atoms with Gasteiger partial charge >= 0.3 is 17.4 Å². The van der Waals surface area contributed by atoms with Crippen molar-refractivity contribution in [3.8, 4) is 0 Å². The standard InChI is InChI=1S/3C10H11N3.3ClH.Cr/c3*1-6-5-7(2)12-10-8(6)3-4-9(11)13-10;;;;/h3*3-5H,1-2H3,(H2,11,12,13);3*1H;/q;;;;;;+3/p-3. The molecule has 43 heavy (non-hydrogen) atoms. The van der Waals surface area contributed by atoms with E-state index in [9.17, 15) is 0 Å². The second-order valence-corrected chi connectivity index (χ2v) is 9.56. The SMILES string of the molecule is Cc1cc(C)c2ccc(N)nc2n1.Cc1cc(C)c2ccc(N)nc2n1.Cc1cc(C)c2ccc(N)nc2n1.[Cl-].[Cl-].[Cl-].[Cr+3]. The molecule has 13 heteroatoms. The number of nitrogen functional groups attached to an aromatic ring is 3. The van der Waals surface area contributed by atoms with E-state index >= 15 is 0 Å². The van der Waals surface area contributed by atoms with Crippen molar-refractivity contribution in [1.29, 1.82) is 0 Å². The molecule has 6 heterocycles. The summed E-state index contributed by atoms with van der Waals surface area (Å²) in [6.45, 7) is 12.0. The van der Waals surface area contributed by atoms with Gasteiger partial charge in [-0.25, -0.2) is 29.9 Å². The van der Waals surface area contributed by atoms with Crippen molar-refractivity contribution in [2.75, 3.05) is 17.2 Å². The quantitative estimate of drug-likeness (QED) is 0.149. The van der Waals surface area contributed by atoms with Gasteiger partial charge in [0.1, 0.15) is 17.5 Å². The molecule has 225 valence electrons. The van der Waals surface area contributed by atoms with Crippen LogP contribution in [0, 0.1) is 41.5 Å². The summed E-state index contributed by atoms with van der Waals surface area (Å²) in [5.74, 6) is 1.56. The van der Waals surface area contributed by atoms with Gasteiger partial charge in [-0.1, -0.05) is 0 Å². The van der Waals surface area contributed by atoms with Crippen LogP contribution in [0.25, 0.3) is 33.1 Å². The third kappa shape index (κ3) is 10.0. The van der Waals surface area contributed by atoms with Gasteiger partial charge in [-0.3, -0.25) is 0 Å². The maximum Gasteiger partial charge on any atom is 3.00 e. The first-order chi connectivity index (χ1) is 18.5. The summed E-state index contributed by atoms with van der Waals surface area (Å²) in [6, 6.07) is 17.4. The molecule has 0 atom stereocenters. The minimum atomic E-state index is 0. The van der Waals surface area contributed by atoms with Gasteiger partial charge in [-0.15, -0.1) is 0 Å². The molecule has 0 saturated carbocycles. The van der Waals surface area contributed by atoms with Crippen LogP contribution in [-0.4, -0.2) is 29.9 Å². The summed E-state index contributed by atoms with van der Waals surface area (Å²) in [6.07, 6.45) is 0. The fourth-order valence-corrected chi connectivity index (χ4v) is 4.34. The number of halogens is 3. The number of hydrogen-bond donors (Lipinski definition) is 3. The zero-order valence-corrected chi connectivity index (χ0v) is 28.2. The maximum atomic E-state index is 5.57. The Hall–Kier alpha value is -3.52. The minimum absolute atomic E-state index is 0. The van der Waals surface area contributed by atoms with Crippen LogP contribution in [0.3, 0.4) is 0 Å². The second kappa shape index (κ2) is 16.9. The Kier molecular flexibility index (Phi) is 15.6. The van der Waals surface area contributed by atoms with E-state index in [1.807, 2.05) is 57.2 Å². The normalized spacial score (nSPS) is 9.63. The van der Waals surface area contributed by atoms with Crippen molar-refractivity contribution in [3.63, 3.8) is 0 Å². The smallest absolute Gasteiger partial charge is 1.00 e. The average Bonchev–Trinajstić information content (AvgIpc) is 2.83. The number of hydrogen-bond acceptors (Lipinski definition) is 9. The fourth-order valence-electron chi connectivity index (χ4n) is 4.34. The van der Waals surface area contributed by atoms with Gasteiger partial charge in [0.2, 0.25) is 0 Å². The molecular formula is C30H33Cl3CrN9. The van der Waals surface area contributed by atoms with E-state index in [1.54, 1.807) is 18.2 Å². The van der Waals surface area contributed by atoms with Crippen molar-refractivity contribution >= 4 is 50.6 Å². The Morgan fingerprint density at radius 3 is 0.860 bits per heavy atom. The molecule has 0 aromatic carbocycles. The van der Waals surface area contributed by atoms with Crippen LogP contribution in [0.2, 0.25) is 0 Å². The molecule has 6 N–H and O–H groups in total. The number of anilines is 3. The molecule has 0 spiro atoms. The van der Waals surface area contributed by atoms with E-state index in [2.05, 4.69) is 50.7 Å². The van der Waals surface area contributed by atoms with E-state index in [0.29, 0.717) is 17.5 Å². The third-order valence-corrected chi connectivity index (χ3v) is 6.09. The van der Waals surface area contributed by atoms with E-state index in [-0.39, 0.29) is 54.6 Å². The first-order valence-electron chi connectivity index (χ1n) is 12.5. The molecule has 0 amide bonds. The molecule has 0 aliphatic heterocycles. The van der Waals surface area contributed by atoms with Crippen molar-refractivity contribution < 1.29 is 54.6 Å². The molecule has 6 rings (SSSR count). The van der Waals surface area contributed by atoms with E-state index in [1.165, 1.54) is 16.7 Å². The second-order valence-electron chi connectivity index (χ2n) is 9.56. The number of aromatic nitrogens is 6.